The maximum atomic E-state index is 5.40. The Balaban J connectivity index is 1.19. The molecule has 4 aromatic heterocycles. The SMILES string of the molecule is Cc1cnc2[nH]cc(Cc3cnc(NCc4ccc(N5CCOCC5)nc4)nc3)c2c1. The fraction of sp³-hybridized carbons (Fsp3) is 0.304. The van der Waals surface area contributed by atoms with Gasteiger partial charge in [0.25, 0.3) is 0 Å². The monoisotopic (exact) mass is 415 g/mol. The van der Waals surface area contributed by atoms with Crippen LogP contribution >= 0.6 is 0 Å². The van der Waals surface area contributed by atoms with Crippen LogP contribution in [0.1, 0.15) is 22.3 Å². The Morgan fingerprint density at radius 1 is 1.00 bits per heavy atom. The van der Waals surface area contributed by atoms with E-state index >= 15 is 0 Å². The summed E-state index contributed by atoms with van der Waals surface area (Å²) in [5.74, 6) is 1.60. The third-order valence-electron chi connectivity index (χ3n) is 5.45. The average molecular weight is 416 g/mol. The molecule has 8 heteroatoms. The third-order valence-corrected chi connectivity index (χ3v) is 5.45. The lowest BCUT2D eigenvalue weighted by Crippen LogP contribution is -2.36. The summed E-state index contributed by atoms with van der Waals surface area (Å²) >= 11 is 0. The first kappa shape index (κ1) is 19.4. The van der Waals surface area contributed by atoms with Crippen molar-refractivity contribution in [2.45, 2.75) is 19.9 Å². The number of H-pyrrole nitrogens is 1. The van der Waals surface area contributed by atoms with Gasteiger partial charge in [0, 0.05) is 62.4 Å². The number of morpholine rings is 1. The molecule has 158 valence electrons. The second kappa shape index (κ2) is 8.69. The Labute approximate surface area is 180 Å². The minimum atomic E-state index is 0.609. The Hall–Kier alpha value is -3.52. The Kier molecular flexibility index (Phi) is 5.45. The number of nitrogens with zero attached hydrogens (tertiary/aromatic N) is 5. The maximum Gasteiger partial charge on any atom is 0.222 e. The molecule has 0 radical (unpaired) electrons. The van der Waals surface area contributed by atoms with Crippen molar-refractivity contribution in [2.75, 3.05) is 36.5 Å². The number of hydrogen-bond acceptors (Lipinski definition) is 7. The molecule has 5 rings (SSSR count). The van der Waals surface area contributed by atoms with Gasteiger partial charge in [0.15, 0.2) is 0 Å². The number of nitrogens with one attached hydrogen (secondary N) is 2. The molecular formula is C23H25N7O. The number of ether oxygens (including phenoxy) is 1. The van der Waals surface area contributed by atoms with Crippen LogP contribution in [0.15, 0.2) is 49.2 Å². The molecule has 0 aliphatic carbocycles. The molecule has 0 unspecified atom stereocenters. The van der Waals surface area contributed by atoms with Crippen molar-refractivity contribution >= 4 is 22.8 Å². The second-order valence-electron chi connectivity index (χ2n) is 7.79. The quantitative estimate of drug-likeness (QED) is 0.500. The molecule has 8 nitrogen and oxygen atoms in total. The molecule has 1 saturated heterocycles. The van der Waals surface area contributed by atoms with Crippen LogP contribution < -0.4 is 10.2 Å². The molecule has 0 amide bonds. The van der Waals surface area contributed by atoms with E-state index in [1.807, 2.05) is 31.0 Å². The molecule has 0 atom stereocenters. The Bertz CT molecular complexity index is 1150. The molecule has 0 saturated carbocycles. The van der Waals surface area contributed by atoms with E-state index in [1.165, 1.54) is 5.56 Å². The predicted octanol–water partition coefficient (Wildman–Crippen LogP) is 3.10. The Morgan fingerprint density at radius 2 is 1.81 bits per heavy atom. The maximum absolute atomic E-state index is 5.40. The first-order valence-corrected chi connectivity index (χ1v) is 10.5. The number of pyridine rings is 2. The van der Waals surface area contributed by atoms with E-state index in [4.69, 9.17) is 4.74 Å². The fourth-order valence-corrected chi connectivity index (χ4v) is 3.75. The van der Waals surface area contributed by atoms with Crippen LogP contribution in [0.25, 0.3) is 11.0 Å². The van der Waals surface area contributed by atoms with Crippen molar-refractivity contribution in [1.29, 1.82) is 0 Å². The lowest BCUT2D eigenvalue weighted by atomic mass is 10.1. The van der Waals surface area contributed by atoms with Crippen molar-refractivity contribution < 1.29 is 4.74 Å². The van der Waals surface area contributed by atoms with Gasteiger partial charge in [-0.1, -0.05) is 6.07 Å². The normalized spacial score (nSPS) is 14.2. The van der Waals surface area contributed by atoms with Crippen LogP contribution in [0.4, 0.5) is 11.8 Å². The van der Waals surface area contributed by atoms with E-state index in [0.717, 1.165) is 66.3 Å². The lowest BCUT2D eigenvalue weighted by Gasteiger charge is -2.27. The highest BCUT2D eigenvalue weighted by atomic mass is 16.5. The molecule has 2 N–H and O–H groups in total. The summed E-state index contributed by atoms with van der Waals surface area (Å²) in [6, 6.07) is 6.31. The molecular weight excluding hydrogens is 390 g/mol. The van der Waals surface area contributed by atoms with E-state index in [1.54, 1.807) is 0 Å². The minimum absolute atomic E-state index is 0.609. The molecule has 0 spiro atoms. The standard InChI is InChI=1S/C23H25N7O/c1-16-8-20-19(15-26-22(20)25-10-16)9-18-13-28-23(29-14-18)27-12-17-2-3-21(24-11-17)30-4-6-31-7-5-30/h2-3,8,10-11,13-15H,4-7,9,12H2,1H3,(H,25,26)(H,27,28,29). The van der Waals surface area contributed by atoms with Crippen molar-refractivity contribution in [3.63, 3.8) is 0 Å². The molecule has 1 aliphatic heterocycles. The van der Waals surface area contributed by atoms with E-state index in [9.17, 15) is 0 Å². The van der Waals surface area contributed by atoms with E-state index in [0.29, 0.717) is 12.5 Å². The van der Waals surface area contributed by atoms with Crippen molar-refractivity contribution in [1.82, 2.24) is 24.9 Å². The molecule has 1 aliphatic rings. The van der Waals surface area contributed by atoms with Gasteiger partial charge in [0.2, 0.25) is 5.95 Å². The molecule has 4 aromatic rings. The summed E-state index contributed by atoms with van der Waals surface area (Å²) in [5.41, 5.74) is 5.41. The van der Waals surface area contributed by atoms with Gasteiger partial charge in [-0.25, -0.2) is 19.9 Å². The average Bonchev–Trinajstić information content (AvgIpc) is 3.21. The number of anilines is 2. The van der Waals surface area contributed by atoms with Gasteiger partial charge in [-0.2, -0.15) is 0 Å². The zero-order chi connectivity index (χ0) is 21.0. The molecule has 31 heavy (non-hydrogen) atoms. The largest absolute Gasteiger partial charge is 0.378 e. The van der Waals surface area contributed by atoms with Crippen LogP contribution in [0.2, 0.25) is 0 Å². The van der Waals surface area contributed by atoms with Gasteiger partial charge >= 0.3 is 0 Å². The van der Waals surface area contributed by atoms with Gasteiger partial charge in [0.05, 0.1) is 13.2 Å². The van der Waals surface area contributed by atoms with Gasteiger partial charge in [0.1, 0.15) is 11.5 Å². The van der Waals surface area contributed by atoms with Crippen molar-refractivity contribution in [2.24, 2.45) is 0 Å². The highest BCUT2D eigenvalue weighted by Gasteiger charge is 2.12. The summed E-state index contributed by atoms with van der Waals surface area (Å²) in [6.07, 6.45) is 10.3. The topological polar surface area (TPSA) is 91.9 Å². The van der Waals surface area contributed by atoms with Crippen molar-refractivity contribution in [3.05, 3.63) is 71.4 Å². The summed E-state index contributed by atoms with van der Waals surface area (Å²) in [6.45, 7) is 5.98. The Morgan fingerprint density at radius 3 is 2.58 bits per heavy atom. The van der Waals surface area contributed by atoms with Crippen LogP contribution in [0.5, 0.6) is 0 Å². The summed E-state index contributed by atoms with van der Waals surface area (Å²) in [7, 11) is 0. The number of fused-ring (bicyclic) bond motifs is 1. The smallest absolute Gasteiger partial charge is 0.222 e. The van der Waals surface area contributed by atoms with E-state index < -0.39 is 0 Å². The van der Waals surface area contributed by atoms with Crippen LogP contribution in [-0.4, -0.2) is 51.2 Å². The van der Waals surface area contributed by atoms with Crippen molar-refractivity contribution in [3.8, 4) is 0 Å². The first-order valence-electron chi connectivity index (χ1n) is 10.5. The minimum Gasteiger partial charge on any atom is -0.378 e. The van der Waals surface area contributed by atoms with Gasteiger partial charge in [-0.3, -0.25) is 0 Å². The number of rotatable bonds is 6. The van der Waals surface area contributed by atoms with Crippen LogP contribution in [-0.2, 0) is 17.7 Å². The molecule has 0 bridgehead atoms. The fourth-order valence-electron chi connectivity index (χ4n) is 3.75. The molecule has 1 fully saturated rings. The number of aromatic nitrogens is 5. The first-order chi connectivity index (χ1) is 15.2. The second-order valence-corrected chi connectivity index (χ2v) is 7.79. The number of aromatic amines is 1. The number of hydrogen-bond donors (Lipinski definition) is 2. The molecule has 0 aromatic carbocycles. The van der Waals surface area contributed by atoms with Gasteiger partial charge in [-0.15, -0.1) is 0 Å². The van der Waals surface area contributed by atoms with E-state index in [-0.39, 0.29) is 0 Å². The zero-order valence-corrected chi connectivity index (χ0v) is 17.5. The van der Waals surface area contributed by atoms with Gasteiger partial charge in [-0.05, 0) is 41.3 Å². The zero-order valence-electron chi connectivity index (χ0n) is 17.5. The van der Waals surface area contributed by atoms with Crippen LogP contribution in [0.3, 0.4) is 0 Å². The molecule has 5 heterocycles. The van der Waals surface area contributed by atoms with E-state index in [2.05, 4.69) is 60.3 Å². The predicted molar refractivity (Wildman–Crippen MR) is 120 cm³/mol. The van der Waals surface area contributed by atoms with Gasteiger partial charge < -0.3 is 19.9 Å². The highest BCUT2D eigenvalue weighted by molar-refractivity contribution is 5.80. The number of aryl methyl sites for hydroxylation is 1. The third kappa shape index (κ3) is 4.49. The lowest BCUT2D eigenvalue weighted by molar-refractivity contribution is 0.122. The summed E-state index contributed by atoms with van der Waals surface area (Å²) < 4.78 is 5.40. The highest BCUT2D eigenvalue weighted by Crippen LogP contribution is 2.20. The van der Waals surface area contributed by atoms with Crippen LogP contribution in [0, 0.1) is 6.92 Å². The summed E-state index contributed by atoms with van der Waals surface area (Å²) in [5, 5.41) is 4.42. The summed E-state index contributed by atoms with van der Waals surface area (Å²) in [4.78, 5) is 23.4.